The van der Waals surface area contributed by atoms with Crippen LogP contribution in [0.5, 0.6) is 0 Å². The van der Waals surface area contributed by atoms with Crippen LogP contribution in [0.3, 0.4) is 0 Å². The molecule has 0 spiro atoms. The third-order valence-corrected chi connectivity index (χ3v) is 5.17. The Morgan fingerprint density at radius 3 is 2.59 bits per heavy atom. The van der Waals surface area contributed by atoms with E-state index in [4.69, 9.17) is 0 Å². The molecule has 0 unspecified atom stereocenters. The second-order valence-corrected chi connectivity index (χ2v) is 7.47. The molecule has 5 N–H and O–H groups in total. The number of rotatable bonds is 7. The molecular weight excluding hydrogens is 370 g/mol. The molecule has 0 aliphatic heterocycles. The van der Waals surface area contributed by atoms with Crippen LogP contribution >= 0.6 is 0 Å². The van der Waals surface area contributed by atoms with Crippen LogP contribution in [0.4, 0.5) is 4.79 Å². The van der Waals surface area contributed by atoms with E-state index >= 15 is 0 Å². The number of carbonyl (C=O) groups is 3. The van der Waals surface area contributed by atoms with E-state index in [0.29, 0.717) is 13.0 Å². The maximum Gasteiger partial charge on any atom is 0.315 e. The number of fused-ring (bicyclic) bond motifs is 1. The summed E-state index contributed by atoms with van der Waals surface area (Å²) in [4.78, 5) is 38.9. The van der Waals surface area contributed by atoms with Crippen molar-refractivity contribution in [3.63, 3.8) is 0 Å². The highest BCUT2D eigenvalue weighted by molar-refractivity contribution is 5.89. The molecule has 0 radical (unpaired) electrons. The standard InChI is InChI=1S/C21H29N5O3/c27-19(11-6-12-22-21(29)24-16-7-2-1-3-8-16)25-26-20(28)13-15-14-23-18-10-5-4-9-17(15)18/h4-5,9-10,14,16,23H,1-3,6-8,11-13H2,(H,25,27)(H,26,28)(H2,22,24,29). The lowest BCUT2D eigenvalue weighted by atomic mass is 9.96. The molecule has 1 aliphatic carbocycles. The molecule has 156 valence electrons. The van der Waals surface area contributed by atoms with Crippen molar-refractivity contribution in [2.45, 2.75) is 57.4 Å². The van der Waals surface area contributed by atoms with Crippen molar-refractivity contribution < 1.29 is 14.4 Å². The quantitative estimate of drug-likeness (QED) is 0.363. The fourth-order valence-corrected chi connectivity index (χ4v) is 3.63. The zero-order valence-electron chi connectivity index (χ0n) is 16.6. The summed E-state index contributed by atoms with van der Waals surface area (Å²) >= 11 is 0. The highest BCUT2D eigenvalue weighted by atomic mass is 16.2. The van der Waals surface area contributed by atoms with Crippen molar-refractivity contribution in [3.8, 4) is 0 Å². The third kappa shape index (κ3) is 6.51. The molecule has 8 heteroatoms. The van der Waals surface area contributed by atoms with Gasteiger partial charge in [-0.1, -0.05) is 37.5 Å². The van der Waals surface area contributed by atoms with Gasteiger partial charge in [0.15, 0.2) is 0 Å². The average Bonchev–Trinajstić information content (AvgIpc) is 3.13. The van der Waals surface area contributed by atoms with Gasteiger partial charge < -0.3 is 15.6 Å². The van der Waals surface area contributed by atoms with Crippen molar-refractivity contribution in [2.24, 2.45) is 0 Å². The number of hydrogen-bond donors (Lipinski definition) is 5. The Kier molecular flexibility index (Phi) is 7.49. The van der Waals surface area contributed by atoms with E-state index in [1.165, 1.54) is 6.42 Å². The lowest BCUT2D eigenvalue weighted by Crippen LogP contribution is -2.44. The van der Waals surface area contributed by atoms with Crippen LogP contribution in [0, 0.1) is 0 Å². The molecule has 1 aliphatic rings. The molecule has 0 atom stereocenters. The van der Waals surface area contributed by atoms with Crippen LogP contribution in [0.25, 0.3) is 10.9 Å². The van der Waals surface area contributed by atoms with E-state index in [0.717, 1.165) is 42.1 Å². The zero-order valence-corrected chi connectivity index (χ0v) is 16.6. The molecule has 0 saturated heterocycles. The predicted molar refractivity (Wildman–Crippen MR) is 111 cm³/mol. The molecule has 1 fully saturated rings. The van der Waals surface area contributed by atoms with Gasteiger partial charge in [-0.3, -0.25) is 20.4 Å². The van der Waals surface area contributed by atoms with Gasteiger partial charge in [0.1, 0.15) is 0 Å². The lowest BCUT2D eigenvalue weighted by Gasteiger charge is -2.22. The number of carbonyl (C=O) groups excluding carboxylic acids is 3. The van der Waals surface area contributed by atoms with E-state index in [2.05, 4.69) is 26.5 Å². The minimum atomic E-state index is -0.285. The van der Waals surface area contributed by atoms with Crippen molar-refractivity contribution in [2.75, 3.05) is 6.54 Å². The van der Waals surface area contributed by atoms with E-state index in [-0.39, 0.29) is 36.7 Å². The first-order valence-corrected chi connectivity index (χ1v) is 10.3. The summed E-state index contributed by atoms with van der Waals surface area (Å²) < 4.78 is 0. The summed E-state index contributed by atoms with van der Waals surface area (Å²) in [7, 11) is 0. The van der Waals surface area contributed by atoms with Gasteiger partial charge in [-0.05, 0) is 30.9 Å². The molecule has 1 aromatic carbocycles. The van der Waals surface area contributed by atoms with E-state index in [1.807, 2.05) is 24.3 Å². The van der Waals surface area contributed by atoms with Crippen LogP contribution in [0.15, 0.2) is 30.5 Å². The van der Waals surface area contributed by atoms with Gasteiger partial charge in [0.05, 0.1) is 6.42 Å². The summed E-state index contributed by atoms with van der Waals surface area (Å²) in [5, 5.41) is 6.74. The number of hydrogen-bond acceptors (Lipinski definition) is 3. The molecule has 3 rings (SSSR count). The van der Waals surface area contributed by atoms with Gasteiger partial charge in [0.2, 0.25) is 11.8 Å². The largest absolute Gasteiger partial charge is 0.361 e. The second-order valence-electron chi connectivity index (χ2n) is 7.47. The van der Waals surface area contributed by atoms with Gasteiger partial charge in [0.25, 0.3) is 0 Å². The molecule has 1 heterocycles. The first-order chi connectivity index (χ1) is 14.1. The number of aromatic amines is 1. The molecular formula is C21H29N5O3. The molecule has 29 heavy (non-hydrogen) atoms. The Morgan fingerprint density at radius 1 is 1.00 bits per heavy atom. The van der Waals surface area contributed by atoms with Gasteiger partial charge in [0, 0.05) is 36.1 Å². The highest BCUT2D eigenvalue weighted by Gasteiger charge is 2.15. The van der Waals surface area contributed by atoms with Crippen molar-refractivity contribution >= 4 is 28.7 Å². The Labute approximate surface area is 170 Å². The maximum absolute atomic E-state index is 12.1. The molecule has 1 aromatic heterocycles. The summed E-state index contributed by atoms with van der Waals surface area (Å²) in [6, 6.07) is 7.83. The lowest BCUT2D eigenvalue weighted by molar-refractivity contribution is -0.128. The number of nitrogens with one attached hydrogen (secondary N) is 5. The summed E-state index contributed by atoms with van der Waals surface area (Å²) in [6.45, 7) is 0.412. The van der Waals surface area contributed by atoms with Gasteiger partial charge in [-0.15, -0.1) is 0 Å². The summed E-state index contributed by atoms with van der Waals surface area (Å²) in [5.74, 6) is -0.570. The first kappa shape index (κ1) is 20.7. The second kappa shape index (κ2) is 10.5. The van der Waals surface area contributed by atoms with E-state index < -0.39 is 0 Å². The number of H-pyrrole nitrogens is 1. The molecule has 0 bridgehead atoms. The van der Waals surface area contributed by atoms with Gasteiger partial charge in [-0.25, -0.2) is 4.79 Å². The minimum absolute atomic E-state index is 0.174. The Morgan fingerprint density at radius 2 is 1.76 bits per heavy atom. The Balaban J connectivity index is 1.27. The topological polar surface area (TPSA) is 115 Å². The highest BCUT2D eigenvalue weighted by Crippen LogP contribution is 2.18. The number of urea groups is 1. The number of para-hydroxylation sites is 1. The predicted octanol–water partition coefficient (Wildman–Crippen LogP) is 2.27. The number of aromatic nitrogens is 1. The third-order valence-electron chi connectivity index (χ3n) is 5.17. The fourth-order valence-electron chi connectivity index (χ4n) is 3.63. The molecule has 4 amide bonds. The van der Waals surface area contributed by atoms with Crippen LogP contribution in [-0.4, -0.2) is 35.4 Å². The van der Waals surface area contributed by atoms with Crippen LogP contribution < -0.4 is 21.5 Å². The summed E-state index contributed by atoms with van der Waals surface area (Å²) in [6.07, 6.45) is 8.34. The summed E-state index contributed by atoms with van der Waals surface area (Å²) in [5.41, 5.74) is 6.70. The normalized spacial score (nSPS) is 14.3. The SMILES string of the molecule is O=C(CCCNC(=O)NC1CCCCC1)NNC(=O)Cc1c[nH]c2ccccc12. The van der Waals surface area contributed by atoms with Gasteiger partial charge >= 0.3 is 6.03 Å². The Hall–Kier alpha value is -3.03. The minimum Gasteiger partial charge on any atom is -0.361 e. The van der Waals surface area contributed by atoms with Gasteiger partial charge in [-0.2, -0.15) is 0 Å². The van der Waals surface area contributed by atoms with Crippen molar-refractivity contribution in [1.82, 2.24) is 26.5 Å². The molecule has 2 aromatic rings. The number of amides is 4. The molecule has 1 saturated carbocycles. The zero-order chi connectivity index (χ0) is 20.5. The smallest absolute Gasteiger partial charge is 0.315 e. The number of hydrazine groups is 1. The maximum atomic E-state index is 12.1. The monoisotopic (exact) mass is 399 g/mol. The van der Waals surface area contributed by atoms with Crippen LogP contribution in [-0.2, 0) is 16.0 Å². The Bertz CT molecular complexity index is 842. The fraction of sp³-hybridized carbons (Fsp3) is 0.476. The average molecular weight is 399 g/mol. The first-order valence-electron chi connectivity index (χ1n) is 10.3. The molecule has 8 nitrogen and oxygen atoms in total. The van der Waals surface area contributed by atoms with E-state index in [9.17, 15) is 14.4 Å². The van der Waals surface area contributed by atoms with Crippen molar-refractivity contribution in [3.05, 3.63) is 36.0 Å². The van der Waals surface area contributed by atoms with Crippen LogP contribution in [0.2, 0.25) is 0 Å². The van der Waals surface area contributed by atoms with Crippen LogP contribution in [0.1, 0.15) is 50.5 Å². The van der Waals surface area contributed by atoms with E-state index in [1.54, 1.807) is 6.20 Å². The van der Waals surface area contributed by atoms with Crippen molar-refractivity contribution in [1.29, 1.82) is 0 Å². The number of benzene rings is 1.